The molecule has 0 amide bonds. The smallest absolute Gasteiger partial charge is 0.332 e. The van der Waals surface area contributed by atoms with Gasteiger partial charge in [-0.05, 0) is 37.1 Å². The number of aromatic nitrogens is 1. The van der Waals surface area contributed by atoms with Crippen molar-refractivity contribution >= 4 is 16.9 Å². The van der Waals surface area contributed by atoms with E-state index in [0.717, 1.165) is 17.3 Å². The fourth-order valence-corrected chi connectivity index (χ4v) is 1.83. The van der Waals surface area contributed by atoms with Crippen LogP contribution in [0.3, 0.4) is 0 Å². The highest BCUT2D eigenvalue weighted by molar-refractivity contribution is 5.78. The molecule has 4 heteroatoms. The molecule has 0 aliphatic heterocycles. The van der Waals surface area contributed by atoms with Gasteiger partial charge in [-0.2, -0.15) is 0 Å². The van der Waals surface area contributed by atoms with Gasteiger partial charge < -0.3 is 9.47 Å². The van der Waals surface area contributed by atoms with Crippen molar-refractivity contribution in [2.75, 3.05) is 19.8 Å². The number of esters is 1. The van der Waals surface area contributed by atoms with E-state index in [4.69, 9.17) is 9.47 Å². The Morgan fingerprint density at radius 3 is 3.05 bits per heavy atom. The second kappa shape index (κ2) is 6.85. The van der Waals surface area contributed by atoms with Gasteiger partial charge in [0.1, 0.15) is 6.61 Å². The number of carbonyl (C=O) groups is 1. The molecule has 0 aliphatic carbocycles. The molecule has 0 atom stereocenters. The summed E-state index contributed by atoms with van der Waals surface area (Å²) in [5.41, 5.74) is 2.16. The van der Waals surface area contributed by atoms with E-state index in [0.29, 0.717) is 13.2 Å². The van der Waals surface area contributed by atoms with E-state index in [2.05, 4.69) is 11.1 Å². The van der Waals surface area contributed by atoms with Gasteiger partial charge in [-0.3, -0.25) is 4.98 Å². The Balaban J connectivity index is 1.83. The Morgan fingerprint density at radius 1 is 1.32 bits per heavy atom. The Hall–Kier alpha value is -1.94. The second-order valence-electron chi connectivity index (χ2n) is 4.14. The van der Waals surface area contributed by atoms with Crippen LogP contribution in [-0.2, 0) is 20.7 Å². The molecule has 0 saturated heterocycles. The molecular formula is C15H17NO3. The van der Waals surface area contributed by atoms with E-state index >= 15 is 0 Å². The molecule has 0 fully saturated rings. The number of rotatable bonds is 6. The highest BCUT2D eigenvalue weighted by Crippen LogP contribution is 2.13. The van der Waals surface area contributed by atoms with Gasteiger partial charge in [0.25, 0.3) is 0 Å². The number of pyridine rings is 1. The minimum Gasteiger partial charge on any atom is -0.464 e. The zero-order valence-electron chi connectivity index (χ0n) is 11.0. The molecule has 0 N–H and O–H groups in total. The molecule has 0 aliphatic rings. The van der Waals surface area contributed by atoms with Gasteiger partial charge in [-0.25, -0.2) is 4.79 Å². The number of carbonyl (C=O) groups excluding carboxylic acids is 1. The van der Waals surface area contributed by atoms with Crippen LogP contribution in [0.5, 0.6) is 0 Å². The molecule has 1 aromatic carbocycles. The Morgan fingerprint density at radius 2 is 2.21 bits per heavy atom. The highest BCUT2D eigenvalue weighted by Gasteiger charge is 2.02. The Labute approximate surface area is 112 Å². The van der Waals surface area contributed by atoms with E-state index in [1.54, 1.807) is 13.1 Å². The molecule has 2 rings (SSSR count). The zero-order valence-corrected chi connectivity index (χ0v) is 11.0. The van der Waals surface area contributed by atoms with Crippen LogP contribution in [0.15, 0.2) is 36.5 Å². The van der Waals surface area contributed by atoms with E-state index in [9.17, 15) is 4.79 Å². The lowest BCUT2D eigenvalue weighted by molar-refractivity contribution is -0.148. The van der Waals surface area contributed by atoms with Crippen LogP contribution >= 0.6 is 0 Å². The SMILES string of the molecule is CCOC(=O)COCCc1ccc2ncccc2c1. The molecule has 1 aromatic heterocycles. The molecule has 1 heterocycles. The first-order valence-electron chi connectivity index (χ1n) is 6.36. The van der Waals surface area contributed by atoms with Crippen LogP contribution in [0.1, 0.15) is 12.5 Å². The quantitative estimate of drug-likeness (QED) is 0.590. The lowest BCUT2D eigenvalue weighted by Gasteiger charge is -2.05. The summed E-state index contributed by atoms with van der Waals surface area (Å²) in [6.07, 6.45) is 2.55. The lowest BCUT2D eigenvalue weighted by atomic mass is 10.1. The van der Waals surface area contributed by atoms with Gasteiger partial charge in [-0.15, -0.1) is 0 Å². The first-order valence-corrected chi connectivity index (χ1v) is 6.36. The third-order valence-electron chi connectivity index (χ3n) is 2.73. The van der Waals surface area contributed by atoms with E-state index in [1.807, 2.05) is 24.3 Å². The van der Waals surface area contributed by atoms with Crippen molar-refractivity contribution in [2.24, 2.45) is 0 Å². The summed E-state index contributed by atoms with van der Waals surface area (Å²) in [6, 6.07) is 10.1. The van der Waals surface area contributed by atoms with Crippen molar-refractivity contribution < 1.29 is 14.3 Å². The molecule has 4 nitrogen and oxygen atoms in total. The lowest BCUT2D eigenvalue weighted by Crippen LogP contribution is -2.13. The van der Waals surface area contributed by atoms with Crippen molar-refractivity contribution in [3.05, 3.63) is 42.1 Å². The number of hydrogen-bond acceptors (Lipinski definition) is 4. The molecular weight excluding hydrogens is 242 g/mol. The number of ether oxygens (including phenoxy) is 2. The summed E-state index contributed by atoms with van der Waals surface area (Å²) >= 11 is 0. The Kier molecular flexibility index (Phi) is 4.86. The predicted molar refractivity (Wildman–Crippen MR) is 72.9 cm³/mol. The molecule has 19 heavy (non-hydrogen) atoms. The van der Waals surface area contributed by atoms with Crippen LogP contribution in [0, 0.1) is 0 Å². The second-order valence-corrected chi connectivity index (χ2v) is 4.14. The average molecular weight is 259 g/mol. The van der Waals surface area contributed by atoms with Crippen molar-refractivity contribution in [1.29, 1.82) is 0 Å². The van der Waals surface area contributed by atoms with Crippen molar-refractivity contribution in [3.63, 3.8) is 0 Å². The topological polar surface area (TPSA) is 48.4 Å². The van der Waals surface area contributed by atoms with Crippen LogP contribution in [0.2, 0.25) is 0 Å². The van der Waals surface area contributed by atoms with Crippen LogP contribution < -0.4 is 0 Å². The third kappa shape index (κ3) is 4.03. The summed E-state index contributed by atoms with van der Waals surface area (Å²) in [6.45, 7) is 2.69. The normalized spacial score (nSPS) is 10.6. The van der Waals surface area contributed by atoms with E-state index in [-0.39, 0.29) is 12.6 Å². The summed E-state index contributed by atoms with van der Waals surface area (Å²) in [5.74, 6) is -0.315. The van der Waals surface area contributed by atoms with Gasteiger partial charge in [0.2, 0.25) is 0 Å². The Bertz CT molecular complexity index is 554. The van der Waals surface area contributed by atoms with E-state index < -0.39 is 0 Å². The first-order chi connectivity index (χ1) is 9.29. The van der Waals surface area contributed by atoms with Gasteiger partial charge in [0.05, 0.1) is 18.7 Å². The van der Waals surface area contributed by atoms with Crippen LogP contribution in [0.25, 0.3) is 10.9 Å². The molecule has 100 valence electrons. The maximum Gasteiger partial charge on any atom is 0.332 e. The predicted octanol–water partition coefficient (Wildman–Crippen LogP) is 2.36. The third-order valence-corrected chi connectivity index (χ3v) is 2.73. The minimum atomic E-state index is -0.315. The number of hydrogen-bond donors (Lipinski definition) is 0. The van der Waals surface area contributed by atoms with Gasteiger partial charge in [0.15, 0.2) is 0 Å². The van der Waals surface area contributed by atoms with Crippen molar-refractivity contribution in [1.82, 2.24) is 4.98 Å². The van der Waals surface area contributed by atoms with Gasteiger partial charge in [0, 0.05) is 11.6 Å². The number of nitrogens with zero attached hydrogens (tertiary/aromatic N) is 1. The van der Waals surface area contributed by atoms with Crippen molar-refractivity contribution in [2.45, 2.75) is 13.3 Å². The average Bonchev–Trinajstić information content (AvgIpc) is 2.44. The summed E-state index contributed by atoms with van der Waals surface area (Å²) in [7, 11) is 0. The van der Waals surface area contributed by atoms with Crippen molar-refractivity contribution in [3.8, 4) is 0 Å². The highest BCUT2D eigenvalue weighted by atomic mass is 16.6. The summed E-state index contributed by atoms with van der Waals surface area (Å²) in [5, 5.41) is 1.12. The van der Waals surface area contributed by atoms with Gasteiger partial charge in [-0.1, -0.05) is 12.1 Å². The fraction of sp³-hybridized carbons (Fsp3) is 0.333. The number of benzene rings is 1. The molecule has 0 unspecified atom stereocenters. The summed E-state index contributed by atoms with van der Waals surface area (Å²) in [4.78, 5) is 15.3. The maximum absolute atomic E-state index is 11.1. The molecule has 2 aromatic rings. The first kappa shape index (κ1) is 13.5. The zero-order chi connectivity index (χ0) is 13.5. The monoisotopic (exact) mass is 259 g/mol. The van der Waals surface area contributed by atoms with Crippen LogP contribution in [0.4, 0.5) is 0 Å². The minimum absolute atomic E-state index is 0.0168. The molecule has 0 bridgehead atoms. The summed E-state index contributed by atoms with van der Waals surface area (Å²) < 4.78 is 10.1. The molecule has 0 spiro atoms. The molecule has 0 saturated carbocycles. The largest absolute Gasteiger partial charge is 0.464 e. The maximum atomic E-state index is 11.1. The fourth-order valence-electron chi connectivity index (χ4n) is 1.83. The number of fused-ring (bicyclic) bond motifs is 1. The standard InChI is InChI=1S/C15H17NO3/c1-2-19-15(17)11-18-9-7-12-5-6-14-13(10-12)4-3-8-16-14/h3-6,8,10H,2,7,9,11H2,1H3. The van der Waals surface area contributed by atoms with Crippen LogP contribution in [-0.4, -0.2) is 30.8 Å². The van der Waals surface area contributed by atoms with E-state index in [1.165, 1.54) is 5.56 Å². The molecule has 0 radical (unpaired) electrons. The van der Waals surface area contributed by atoms with Gasteiger partial charge >= 0.3 is 5.97 Å².